The van der Waals surface area contributed by atoms with Gasteiger partial charge in [0, 0.05) is 6.20 Å². The summed E-state index contributed by atoms with van der Waals surface area (Å²) in [6, 6.07) is 4.53. The van der Waals surface area contributed by atoms with Crippen molar-refractivity contribution in [3.8, 4) is 6.07 Å². The molecule has 0 spiro atoms. The van der Waals surface area contributed by atoms with E-state index in [-0.39, 0.29) is 68.6 Å². The van der Waals surface area contributed by atoms with Crippen LogP contribution < -0.4 is 51.4 Å². The Morgan fingerprint density at radius 2 is 2.07 bits per heavy atom. The molecule has 0 aliphatic heterocycles. The third-order valence-electron chi connectivity index (χ3n) is 1.40. The van der Waals surface area contributed by atoms with Crippen LogP contribution in [0.3, 0.4) is 0 Å². The Bertz CT molecular complexity index is 398. The van der Waals surface area contributed by atoms with Gasteiger partial charge in [-0.2, -0.15) is 5.26 Å². The maximum atomic E-state index is 11.8. The Morgan fingerprint density at radius 3 is 2.60 bits per heavy atom. The van der Waals surface area contributed by atoms with Gasteiger partial charge in [-0.25, -0.2) is 0 Å². The molecule has 0 unspecified atom stereocenters. The summed E-state index contributed by atoms with van der Waals surface area (Å²) in [4.78, 5) is 3.66. The van der Waals surface area contributed by atoms with Gasteiger partial charge in [0.1, 0.15) is 0 Å². The molecular formula is C8H5BF3KN2. The van der Waals surface area contributed by atoms with Gasteiger partial charge < -0.3 is 12.9 Å². The number of aromatic nitrogens is 1. The fourth-order valence-electron chi connectivity index (χ4n) is 0.817. The molecule has 0 fully saturated rings. The van der Waals surface area contributed by atoms with Crippen LogP contribution in [0.15, 0.2) is 24.3 Å². The van der Waals surface area contributed by atoms with Crippen LogP contribution in [0.4, 0.5) is 12.9 Å². The van der Waals surface area contributed by atoms with Crippen molar-refractivity contribution >= 4 is 13.1 Å². The summed E-state index contributed by atoms with van der Waals surface area (Å²) in [7, 11) is 0. The van der Waals surface area contributed by atoms with E-state index in [1.165, 1.54) is 18.3 Å². The topological polar surface area (TPSA) is 36.7 Å². The van der Waals surface area contributed by atoms with Gasteiger partial charge in [0.2, 0.25) is 0 Å². The molecule has 72 valence electrons. The van der Waals surface area contributed by atoms with Gasteiger partial charge in [-0.1, -0.05) is 6.08 Å². The molecule has 0 saturated heterocycles. The van der Waals surface area contributed by atoms with Crippen molar-refractivity contribution in [2.45, 2.75) is 0 Å². The molecule has 2 nitrogen and oxygen atoms in total. The van der Waals surface area contributed by atoms with Crippen LogP contribution in [0.5, 0.6) is 0 Å². The molecule has 7 heteroatoms. The van der Waals surface area contributed by atoms with Gasteiger partial charge in [-0.05, 0) is 12.1 Å². The van der Waals surface area contributed by atoms with E-state index in [2.05, 4.69) is 4.98 Å². The van der Waals surface area contributed by atoms with Gasteiger partial charge >= 0.3 is 58.4 Å². The fraction of sp³-hybridized carbons (Fsp3) is 0. The summed E-state index contributed by atoms with van der Waals surface area (Å²) in [5.74, 6) is 0.142. The predicted molar refractivity (Wildman–Crippen MR) is 47.1 cm³/mol. The molecule has 1 heterocycles. The van der Waals surface area contributed by atoms with Crippen molar-refractivity contribution in [1.82, 2.24) is 4.98 Å². The Hall–Kier alpha value is -0.129. The molecule has 0 amide bonds. The van der Waals surface area contributed by atoms with Crippen LogP contribution in [0.1, 0.15) is 11.3 Å². The van der Waals surface area contributed by atoms with Crippen molar-refractivity contribution in [2.75, 3.05) is 0 Å². The maximum Gasteiger partial charge on any atom is 1.00 e. The maximum absolute atomic E-state index is 11.8. The van der Waals surface area contributed by atoms with E-state index in [4.69, 9.17) is 5.26 Å². The predicted octanol–water partition coefficient (Wildman–Crippen LogP) is -0.643. The van der Waals surface area contributed by atoms with Crippen molar-refractivity contribution in [3.63, 3.8) is 0 Å². The number of halogens is 3. The zero-order valence-electron chi connectivity index (χ0n) is 7.99. The first-order valence-corrected chi connectivity index (χ1v) is 3.76. The van der Waals surface area contributed by atoms with E-state index in [1.807, 2.05) is 6.07 Å². The number of nitrogens with zero attached hydrogens (tertiary/aromatic N) is 2. The Labute approximate surface area is 128 Å². The van der Waals surface area contributed by atoms with Crippen LogP contribution >= 0.6 is 0 Å². The third-order valence-corrected chi connectivity index (χ3v) is 1.40. The standard InChI is InChI=1S/C8H5BF3N2.K/c10-9(11,12)3-1-8-5-7(6-13)2-4-14-8;/h1-5H;/q-1;+1/b3-1+;. The molecule has 0 saturated carbocycles. The van der Waals surface area contributed by atoms with Crippen molar-refractivity contribution in [2.24, 2.45) is 0 Å². The normalized spacial score (nSPS) is 10.8. The van der Waals surface area contributed by atoms with Crippen LogP contribution in [0.25, 0.3) is 6.08 Å². The number of hydrogen-bond donors (Lipinski definition) is 0. The minimum Gasteiger partial charge on any atom is -0.445 e. The second-order valence-corrected chi connectivity index (χ2v) is 2.57. The SMILES string of the molecule is N#Cc1ccnc(/C=C/[B-](F)(F)F)c1.[K+]. The average Bonchev–Trinajstić information content (AvgIpc) is 2.14. The molecule has 1 aromatic rings. The summed E-state index contributed by atoms with van der Waals surface area (Å²) in [6.07, 6.45) is 2.14. The first-order valence-electron chi connectivity index (χ1n) is 3.76. The number of pyridine rings is 1. The number of nitriles is 1. The summed E-state index contributed by atoms with van der Waals surface area (Å²) < 4.78 is 35.4. The quantitative estimate of drug-likeness (QED) is 0.640. The minimum atomic E-state index is -4.95. The first kappa shape index (κ1) is 14.9. The summed E-state index contributed by atoms with van der Waals surface area (Å²) >= 11 is 0. The molecule has 0 aromatic carbocycles. The summed E-state index contributed by atoms with van der Waals surface area (Å²) in [6.45, 7) is -4.95. The van der Waals surface area contributed by atoms with E-state index in [0.717, 1.165) is 6.08 Å². The van der Waals surface area contributed by atoms with E-state index in [9.17, 15) is 12.9 Å². The van der Waals surface area contributed by atoms with Gasteiger partial charge in [-0.15, -0.1) is 5.98 Å². The first-order chi connectivity index (χ1) is 6.51. The molecule has 1 rings (SSSR count). The van der Waals surface area contributed by atoms with E-state index >= 15 is 0 Å². The van der Waals surface area contributed by atoms with E-state index in [1.54, 1.807) is 0 Å². The van der Waals surface area contributed by atoms with Gasteiger partial charge in [0.15, 0.2) is 0 Å². The third kappa shape index (κ3) is 6.12. The number of hydrogen-bond acceptors (Lipinski definition) is 2. The monoisotopic (exact) mass is 236 g/mol. The van der Waals surface area contributed by atoms with Crippen LogP contribution in [-0.4, -0.2) is 12.0 Å². The Morgan fingerprint density at radius 1 is 1.40 bits per heavy atom. The zero-order valence-corrected chi connectivity index (χ0v) is 11.1. The zero-order chi connectivity index (χ0) is 10.6. The van der Waals surface area contributed by atoms with Crippen LogP contribution in [-0.2, 0) is 0 Å². The van der Waals surface area contributed by atoms with Crippen molar-refractivity contribution in [3.05, 3.63) is 35.6 Å². The second kappa shape index (κ2) is 6.45. The van der Waals surface area contributed by atoms with Crippen LogP contribution in [0, 0.1) is 11.3 Å². The molecule has 0 radical (unpaired) electrons. The summed E-state index contributed by atoms with van der Waals surface area (Å²) in [5, 5.41) is 8.47. The van der Waals surface area contributed by atoms with Gasteiger partial charge in [-0.3, -0.25) is 4.98 Å². The molecule has 1 aromatic heterocycles. The van der Waals surface area contributed by atoms with Gasteiger partial charge in [0.05, 0.1) is 17.3 Å². The molecule has 0 N–H and O–H groups in total. The fourth-order valence-corrected chi connectivity index (χ4v) is 0.817. The van der Waals surface area contributed by atoms with Crippen molar-refractivity contribution < 1.29 is 64.3 Å². The molecular weight excluding hydrogens is 231 g/mol. The Balaban J connectivity index is 0.00000196. The molecule has 0 bridgehead atoms. The molecule has 0 atom stereocenters. The molecule has 0 aliphatic rings. The van der Waals surface area contributed by atoms with Gasteiger partial charge in [0.25, 0.3) is 0 Å². The Kier molecular flexibility index (Phi) is 6.40. The minimum absolute atomic E-state index is 0. The smallest absolute Gasteiger partial charge is 0.445 e. The van der Waals surface area contributed by atoms with E-state index in [0.29, 0.717) is 0 Å². The summed E-state index contributed by atoms with van der Waals surface area (Å²) in [5.41, 5.74) is 0.414. The van der Waals surface area contributed by atoms with E-state index < -0.39 is 6.98 Å². The number of rotatable bonds is 2. The second-order valence-electron chi connectivity index (χ2n) is 2.57. The van der Waals surface area contributed by atoms with Crippen molar-refractivity contribution in [1.29, 1.82) is 5.26 Å². The average molecular weight is 236 g/mol. The van der Waals surface area contributed by atoms with Crippen LogP contribution in [0.2, 0.25) is 0 Å². The molecule has 0 aliphatic carbocycles. The molecule has 15 heavy (non-hydrogen) atoms. The largest absolute Gasteiger partial charge is 1.00 e.